The highest BCUT2D eigenvalue weighted by Crippen LogP contribution is 2.50. The first-order valence-electron chi connectivity index (χ1n) is 6.46. The highest BCUT2D eigenvalue weighted by molar-refractivity contribution is 6.27. The number of benzene rings is 1. The molecular formula is C16H19N. The Bertz CT molecular complexity index is 532. The lowest BCUT2D eigenvalue weighted by atomic mass is 9.77. The van der Waals surface area contributed by atoms with Crippen LogP contribution in [0.3, 0.4) is 0 Å². The molecule has 0 unspecified atom stereocenters. The second-order valence-electron chi connectivity index (χ2n) is 5.55. The summed E-state index contributed by atoms with van der Waals surface area (Å²) in [6, 6.07) is 8.84. The van der Waals surface area contributed by atoms with Crippen LogP contribution in [0.25, 0.3) is 5.57 Å². The van der Waals surface area contributed by atoms with E-state index in [4.69, 9.17) is 0 Å². The van der Waals surface area contributed by atoms with Gasteiger partial charge in [-0.15, -0.1) is 0 Å². The third-order valence-electron chi connectivity index (χ3n) is 4.32. The van der Waals surface area contributed by atoms with Gasteiger partial charge in [-0.25, -0.2) is 0 Å². The zero-order valence-electron chi connectivity index (χ0n) is 10.9. The quantitative estimate of drug-likeness (QED) is 0.633. The maximum atomic E-state index is 4.51. The van der Waals surface area contributed by atoms with E-state index in [9.17, 15) is 0 Å². The third-order valence-corrected chi connectivity index (χ3v) is 4.32. The standard InChI is InChI=1S/C16H19N/c1-16(2)12-8-5-4-7-11(12)15-13(16)9-6-10-14(15)17-3/h4-5,7-8H,6,9-10H2,1-3H3. The summed E-state index contributed by atoms with van der Waals surface area (Å²) in [5.41, 5.74) is 7.47. The fourth-order valence-electron chi connectivity index (χ4n) is 3.43. The number of fused-ring (bicyclic) bond motifs is 2. The molecule has 0 radical (unpaired) electrons. The van der Waals surface area contributed by atoms with Gasteiger partial charge in [0, 0.05) is 23.7 Å². The molecule has 0 atom stereocenters. The van der Waals surface area contributed by atoms with Gasteiger partial charge in [-0.05, 0) is 30.4 Å². The fraction of sp³-hybridized carbons (Fsp3) is 0.438. The molecule has 0 saturated carbocycles. The molecule has 3 rings (SSSR count). The summed E-state index contributed by atoms with van der Waals surface area (Å²) >= 11 is 0. The number of hydrogen-bond acceptors (Lipinski definition) is 1. The molecular weight excluding hydrogens is 206 g/mol. The van der Waals surface area contributed by atoms with Gasteiger partial charge in [-0.2, -0.15) is 0 Å². The average molecular weight is 225 g/mol. The van der Waals surface area contributed by atoms with Crippen LogP contribution in [0, 0.1) is 0 Å². The van der Waals surface area contributed by atoms with E-state index in [1.54, 1.807) is 5.57 Å². The molecule has 88 valence electrons. The Balaban J connectivity index is 2.30. The van der Waals surface area contributed by atoms with Crippen LogP contribution in [-0.4, -0.2) is 12.8 Å². The number of hydrogen-bond donors (Lipinski definition) is 0. The summed E-state index contributed by atoms with van der Waals surface area (Å²) in [6.45, 7) is 4.71. The van der Waals surface area contributed by atoms with Crippen LogP contribution < -0.4 is 0 Å². The summed E-state index contributed by atoms with van der Waals surface area (Å²) in [5.74, 6) is 0. The summed E-state index contributed by atoms with van der Waals surface area (Å²) in [5, 5.41) is 0. The average Bonchev–Trinajstić information content (AvgIpc) is 2.60. The normalized spacial score (nSPS) is 23.8. The van der Waals surface area contributed by atoms with Gasteiger partial charge in [-0.3, -0.25) is 4.99 Å². The molecule has 0 bridgehead atoms. The van der Waals surface area contributed by atoms with Gasteiger partial charge in [-0.1, -0.05) is 43.7 Å². The Labute approximate surface area is 103 Å². The first kappa shape index (κ1) is 10.8. The highest BCUT2D eigenvalue weighted by Gasteiger charge is 2.39. The second-order valence-corrected chi connectivity index (χ2v) is 5.55. The van der Waals surface area contributed by atoms with Crippen LogP contribution >= 0.6 is 0 Å². The van der Waals surface area contributed by atoms with Crippen molar-refractivity contribution in [3.8, 4) is 0 Å². The van der Waals surface area contributed by atoms with Gasteiger partial charge in [0.1, 0.15) is 0 Å². The van der Waals surface area contributed by atoms with E-state index < -0.39 is 0 Å². The lowest BCUT2D eigenvalue weighted by Crippen LogP contribution is -2.19. The monoisotopic (exact) mass is 225 g/mol. The first-order valence-corrected chi connectivity index (χ1v) is 6.46. The van der Waals surface area contributed by atoms with Crippen molar-refractivity contribution in [1.82, 2.24) is 0 Å². The number of allylic oxidation sites excluding steroid dienone is 2. The van der Waals surface area contributed by atoms with Crippen LogP contribution in [0.4, 0.5) is 0 Å². The van der Waals surface area contributed by atoms with Crippen LogP contribution in [0.2, 0.25) is 0 Å². The van der Waals surface area contributed by atoms with Crippen molar-refractivity contribution in [3.05, 3.63) is 41.0 Å². The van der Waals surface area contributed by atoms with Crippen LogP contribution in [0.15, 0.2) is 34.8 Å². The molecule has 17 heavy (non-hydrogen) atoms. The van der Waals surface area contributed by atoms with Gasteiger partial charge in [0.25, 0.3) is 0 Å². The van der Waals surface area contributed by atoms with Crippen molar-refractivity contribution in [3.63, 3.8) is 0 Å². The SMILES string of the molecule is CN=C1CCCC2=C1c1ccccc1C2(C)C. The molecule has 1 heteroatoms. The zero-order chi connectivity index (χ0) is 12.0. The van der Waals surface area contributed by atoms with Gasteiger partial charge >= 0.3 is 0 Å². The third kappa shape index (κ3) is 1.35. The minimum absolute atomic E-state index is 0.197. The Morgan fingerprint density at radius 2 is 1.88 bits per heavy atom. The molecule has 0 amide bonds. The van der Waals surface area contributed by atoms with Gasteiger partial charge in [0.05, 0.1) is 0 Å². The van der Waals surface area contributed by atoms with Gasteiger partial charge in [0.2, 0.25) is 0 Å². The van der Waals surface area contributed by atoms with E-state index >= 15 is 0 Å². The van der Waals surface area contributed by atoms with Crippen molar-refractivity contribution < 1.29 is 0 Å². The Morgan fingerprint density at radius 1 is 1.12 bits per heavy atom. The van der Waals surface area contributed by atoms with Crippen molar-refractivity contribution >= 4 is 11.3 Å². The molecule has 0 saturated heterocycles. The van der Waals surface area contributed by atoms with Crippen LogP contribution in [0.1, 0.15) is 44.2 Å². The Hall–Kier alpha value is -1.37. The predicted molar refractivity (Wildman–Crippen MR) is 73.6 cm³/mol. The molecule has 1 aromatic carbocycles. The fourth-order valence-corrected chi connectivity index (χ4v) is 3.43. The lowest BCUT2D eigenvalue weighted by molar-refractivity contribution is 0.596. The van der Waals surface area contributed by atoms with Crippen molar-refractivity contribution in [2.45, 2.75) is 38.5 Å². The molecule has 0 N–H and O–H groups in total. The molecule has 0 aromatic heterocycles. The predicted octanol–water partition coefficient (Wildman–Crippen LogP) is 3.99. The summed E-state index contributed by atoms with van der Waals surface area (Å²) in [6.07, 6.45) is 3.62. The van der Waals surface area contributed by atoms with E-state index in [1.807, 2.05) is 7.05 Å². The smallest absolute Gasteiger partial charge is 0.0423 e. The summed E-state index contributed by atoms with van der Waals surface area (Å²) in [7, 11) is 1.93. The molecule has 0 aliphatic heterocycles. The minimum atomic E-state index is 0.197. The van der Waals surface area contributed by atoms with Crippen molar-refractivity contribution in [2.75, 3.05) is 7.05 Å². The maximum Gasteiger partial charge on any atom is 0.0423 e. The van der Waals surface area contributed by atoms with Crippen molar-refractivity contribution in [2.24, 2.45) is 4.99 Å². The van der Waals surface area contributed by atoms with Crippen LogP contribution in [-0.2, 0) is 5.41 Å². The first-order chi connectivity index (χ1) is 8.16. The van der Waals surface area contributed by atoms with Crippen LogP contribution in [0.5, 0.6) is 0 Å². The minimum Gasteiger partial charge on any atom is -0.292 e. The largest absolute Gasteiger partial charge is 0.292 e. The topological polar surface area (TPSA) is 12.4 Å². The second kappa shape index (κ2) is 3.56. The Morgan fingerprint density at radius 3 is 2.65 bits per heavy atom. The molecule has 1 nitrogen and oxygen atoms in total. The number of aliphatic imine (C=N–C) groups is 1. The van der Waals surface area contributed by atoms with E-state index in [-0.39, 0.29) is 5.41 Å². The molecule has 2 aliphatic rings. The molecule has 0 fully saturated rings. The Kier molecular flexibility index (Phi) is 2.25. The maximum absolute atomic E-state index is 4.51. The molecule has 2 aliphatic carbocycles. The summed E-state index contributed by atoms with van der Waals surface area (Å²) in [4.78, 5) is 4.51. The number of rotatable bonds is 0. The molecule has 1 aromatic rings. The van der Waals surface area contributed by atoms with E-state index in [0.29, 0.717) is 0 Å². The zero-order valence-corrected chi connectivity index (χ0v) is 10.9. The van der Waals surface area contributed by atoms with E-state index in [2.05, 4.69) is 43.1 Å². The van der Waals surface area contributed by atoms with E-state index in [1.165, 1.54) is 35.3 Å². The number of nitrogens with zero attached hydrogens (tertiary/aromatic N) is 1. The summed E-state index contributed by atoms with van der Waals surface area (Å²) < 4.78 is 0. The van der Waals surface area contributed by atoms with E-state index in [0.717, 1.165) is 6.42 Å². The highest BCUT2D eigenvalue weighted by atomic mass is 14.7. The lowest BCUT2D eigenvalue weighted by Gasteiger charge is -2.27. The molecule has 0 spiro atoms. The molecule has 0 heterocycles. The van der Waals surface area contributed by atoms with Gasteiger partial charge in [0.15, 0.2) is 0 Å². The van der Waals surface area contributed by atoms with Crippen molar-refractivity contribution in [1.29, 1.82) is 0 Å². The van der Waals surface area contributed by atoms with Gasteiger partial charge < -0.3 is 0 Å².